The molecule has 0 bridgehead atoms. The Morgan fingerprint density at radius 1 is 1.29 bits per heavy atom. The van der Waals surface area contributed by atoms with E-state index in [-0.39, 0.29) is 11.8 Å². The minimum atomic E-state index is -0.614. The van der Waals surface area contributed by atoms with Crippen molar-refractivity contribution in [1.29, 1.82) is 0 Å². The van der Waals surface area contributed by atoms with Gasteiger partial charge in [0.1, 0.15) is 5.66 Å². The summed E-state index contributed by atoms with van der Waals surface area (Å²) in [5.41, 5.74) is 2.17. The molecule has 0 unspecified atom stereocenters. The minimum Gasteiger partial charge on any atom is -0.361 e. The number of likely N-dealkylation sites (tertiary alicyclic amines) is 1. The standard InChI is InChI=1S/C17H19N5O2/c1-11-13(9-18-21-11)16(24)22-8-4-7-17(10-22)19-14-6-3-2-5-12(14)15(23)20-17/h2-3,5-6,9,19H,4,7-8,10H2,1H3,(H,18,21)(H,20,23)/t17-/m1/s1. The Labute approximate surface area is 139 Å². The third-order valence-corrected chi connectivity index (χ3v) is 4.74. The van der Waals surface area contributed by atoms with Crippen LogP contribution in [0.2, 0.25) is 0 Å². The number of aryl methyl sites for hydroxylation is 1. The minimum absolute atomic E-state index is 0.0600. The molecule has 0 aliphatic carbocycles. The number of nitrogens with zero attached hydrogens (tertiary/aromatic N) is 2. The fraction of sp³-hybridized carbons (Fsp3) is 0.353. The van der Waals surface area contributed by atoms with E-state index in [4.69, 9.17) is 0 Å². The van der Waals surface area contributed by atoms with E-state index in [9.17, 15) is 9.59 Å². The van der Waals surface area contributed by atoms with Crippen molar-refractivity contribution in [2.45, 2.75) is 25.4 Å². The summed E-state index contributed by atoms with van der Waals surface area (Å²) in [5, 5.41) is 13.2. The SMILES string of the molecule is Cc1[nH]ncc1C(=O)N1CCC[C@]2(C1)NC(=O)c1ccccc1N2. The molecule has 2 aliphatic heterocycles. The van der Waals surface area contributed by atoms with Gasteiger partial charge in [-0.05, 0) is 31.9 Å². The van der Waals surface area contributed by atoms with E-state index in [1.165, 1.54) is 0 Å². The molecule has 124 valence electrons. The molecular formula is C17H19N5O2. The number of aromatic amines is 1. The molecule has 3 N–H and O–H groups in total. The monoisotopic (exact) mass is 325 g/mol. The van der Waals surface area contributed by atoms with Crippen LogP contribution in [0.5, 0.6) is 0 Å². The molecule has 2 amide bonds. The number of benzene rings is 1. The summed E-state index contributed by atoms with van der Waals surface area (Å²) in [6, 6.07) is 7.44. The lowest BCUT2D eigenvalue weighted by molar-refractivity contribution is 0.0592. The van der Waals surface area contributed by atoms with Gasteiger partial charge < -0.3 is 15.5 Å². The summed E-state index contributed by atoms with van der Waals surface area (Å²) in [7, 11) is 0. The average Bonchev–Trinajstić information content (AvgIpc) is 3.00. The van der Waals surface area contributed by atoms with E-state index >= 15 is 0 Å². The lowest BCUT2D eigenvalue weighted by Gasteiger charge is -2.46. The topological polar surface area (TPSA) is 90.1 Å². The first-order valence-corrected chi connectivity index (χ1v) is 8.07. The van der Waals surface area contributed by atoms with Gasteiger partial charge in [-0.15, -0.1) is 0 Å². The van der Waals surface area contributed by atoms with Crippen molar-refractivity contribution in [2.24, 2.45) is 0 Å². The third kappa shape index (κ3) is 2.33. The highest BCUT2D eigenvalue weighted by Crippen LogP contribution is 2.31. The van der Waals surface area contributed by atoms with Crippen LogP contribution in [-0.2, 0) is 0 Å². The van der Waals surface area contributed by atoms with Crippen molar-refractivity contribution in [3.8, 4) is 0 Å². The molecule has 1 aromatic heterocycles. The maximum absolute atomic E-state index is 12.8. The number of carbonyl (C=O) groups excluding carboxylic acids is 2. The summed E-state index contributed by atoms with van der Waals surface area (Å²) in [6.45, 7) is 2.93. The number of rotatable bonds is 1. The molecule has 1 saturated heterocycles. The number of anilines is 1. The normalized spacial score (nSPS) is 22.7. The van der Waals surface area contributed by atoms with E-state index in [0.717, 1.165) is 24.2 Å². The van der Waals surface area contributed by atoms with Crippen molar-refractivity contribution in [3.05, 3.63) is 47.3 Å². The zero-order valence-electron chi connectivity index (χ0n) is 13.4. The number of hydrogen-bond acceptors (Lipinski definition) is 4. The maximum atomic E-state index is 12.8. The number of para-hydroxylation sites is 1. The Morgan fingerprint density at radius 2 is 2.12 bits per heavy atom. The Balaban J connectivity index is 1.60. The molecule has 0 radical (unpaired) electrons. The number of piperidine rings is 1. The lowest BCUT2D eigenvalue weighted by atomic mass is 9.93. The van der Waals surface area contributed by atoms with E-state index in [1.54, 1.807) is 17.2 Å². The molecule has 2 aromatic rings. The van der Waals surface area contributed by atoms with Gasteiger partial charge in [-0.3, -0.25) is 14.7 Å². The Morgan fingerprint density at radius 3 is 2.92 bits per heavy atom. The fourth-order valence-electron chi connectivity index (χ4n) is 3.53. The number of carbonyl (C=O) groups is 2. The van der Waals surface area contributed by atoms with Gasteiger partial charge in [0.2, 0.25) is 0 Å². The number of hydrogen-bond donors (Lipinski definition) is 3. The van der Waals surface area contributed by atoms with E-state index in [2.05, 4.69) is 20.8 Å². The Hall–Kier alpha value is -2.83. The third-order valence-electron chi connectivity index (χ3n) is 4.74. The maximum Gasteiger partial charge on any atom is 0.257 e. The van der Waals surface area contributed by atoms with Crippen LogP contribution in [-0.4, -0.2) is 45.7 Å². The lowest BCUT2D eigenvalue weighted by Crippen LogP contribution is -2.66. The smallest absolute Gasteiger partial charge is 0.257 e. The van der Waals surface area contributed by atoms with Crippen LogP contribution in [0.4, 0.5) is 5.69 Å². The van der Waals surface area contributed by atoms with Gasteiger partial charge in [0.25, 0.3) is 11.8 Å². The van der Waals surface area contributed by atoms with Crippen LogP contribution in [0.3, 0.4) is 0 Å². The average molecular weight is 325 g/mol. The first-order valence-electron chi connectivity index (χ1n) is 8.07. The largest absolute Gasteiger partial charge is 0.361 e. The van der Waals surface area contributed by atoms with E-state index < -0.39 is 5.66 Å². The van der Waals surface area contributed by atoms with Crippen LogP contribution in [0.25, 0.3) is 0 Å². The van der Waals surface area contributed by atoms with Crippen molar-refractivity contribution in [3.63, 3.8) is 0 Å². The predicted molar refractivity (Wildman–Crippen MR) is 88.7 cm³/mol. The zero-order valence-corrected chi connectivity index (χ0v) is 13.4. The van der Waals surface area contributed by atoms with Gasteiger partial charge in [-0.2, -0.15) is 5.10 Å². The Kier molecular flexibility index (Phi) is 3.30. The molecule has 1 fully saturated rings. The van der Waals surface area contributed by atoms with Gasteiger partial charge in [0, 0.05) is 17.9 Å². The summed E-state index contributed by atoms with van der Waals surface area (Å²) < 4.78 is 0. The summed E-state index contributed by atoms with van der Waals surface area (Å²) in [5.74, 6) is -0.159. The molecule has 2 aliphatic rings. The van der Waals surface area contributed by atoms with Crippen LogP contribution in [0, 0.1) is 6.92 Å². The second-order valence-corrected chi connectivity index (χ2v) is 6.45. The summed E-state index contributed by atoms with van der Waals surface area (Å²) in [6.07, 6.45) is 3.15. The van der Waals surface area contributed by atoms with Gasteiger partial charge in [-0.1, -0.05) is 12.1 Å². The second-order valence-electron chi connectivity index (χ2n) is 6.45. The summed E-state index contributed by atoms with van der Waals surface area (Å²) in [4.78, 5) is 27.0. The molecule has 24 heavy (non-hydrogen) atoms. The molecule has 7 heteroatoms. The number of H-pyrrole nitrogens is 1. The molecule has 7 nitrogen and oxygen atoms in total. The van der Waals surface area contributed by atoms with Crippen LogP contribution in [0.1, 0.15) is 39.3 Å². The van der Waals surface area contributed by atoms with Crippen molar-refractivity contribution in [2.75, 3.05) is 18.4 Å². The van der Waals surface area contributed by atoms with Gasteiger partial charge >= 0.3 is 0 Å². The van der Waals surface area contributed by atoms with Crippen molar-refractivity contribution >= 4 is 17.5 Å². The highest BCUT2D eigenvalue weighted by molar-refractivity contribution is 6.02. The van der Waals surface area contributed by atoms with Crippen molar-refractivity contribution in [1.82, 2.24) is 20.4 Å². The fourth-order valence-corrected chi connectivity index (χ4v) is 3.53. The first kappa shape index (κ1) is 14.7. The quantitative estimate of drug-likeness (QED) is 0.741. The van der Waals surface area contributed by atoms with Crippen LogP contribution in [0.15, 0.2) is 30.5 Å². The molecule has 1 aromatic carbocycles. The highest BCUT2D eigenvalue weighted by atomic mass is 16.2. The van der Waals surface area contributed by atoms with Crippen LogP contribution >= 0.6 is 0 Å². The predicted octanol–water partition coefficient (Wildman–Crippen LogP) is 1.51. The van der Waals surface area contributed by atoms with Crippen molar-refractivity contribution < 1.29 is 9.59 Å². The van der Waals surface area contributed by atoms with Gasteiger partial charge in [0.05, 0.1) is 23.9 Å². The number of aromatic nitrogens is 2. The zero-order chi connectivity index (χ0) is 16.7. The number of nitrogens with one attached hydrogen (secondary N) is 3. The molecule has 0 saturated carbocycles. The molecule has 4 rings (SSSR count). The van der Waals surface area contributed by atoms with Gasteiger partial charge in [-0.25, -0.2) is 0 Å². The molecule has 3 heterocycles. The number of fused-ring (bicyclic) bond motifs is 1. The first-order chi connectivity index (χ1) is 11.6. The Bertz CT molecular complexity index is 815. The van der Waals surface area contributed by atoms with E-state index in [1.807, 2.05) is 25.1 Å². The highest BCUT2D eigenvalue weighted by Gasteiger charge is 2.42. The molecular weight excluding hydrogens is 306 g/mol. The molecule has 1 atom stereocenters. The molecule has 1 spiro atoms. The summed E-state index contributed by atoms with van der Waals surface area (Å²) >= 11 is 0. The second kappa shape index (κ2) is 5.36. The van der Waals surface area contributed by atoms with E-state index in [0.29, 0.717) is 24.2 Å². The van der Waals surface area contributed by atoms with Gasteiger partial charge in [0.15, 0.2) is 0 Å². The number of amides is 2. The van der Waals surface area contributed by atoms with Crippen LogP contribution < -0.4 is 10.6 Å².